The maximum atomic E-state index is 13.4. The Kier molecular flexibility index (Phi) is 6.59. The van der Waals surface area contributed by atoms with Gasteiger partial charge in [-0.25, -0.2) is 0 Å². The molecule has 5 rings (SSSR count). The number of benzene rings is 2. The van der Waals surface area contributed by atoms with Crippen LogP contribution in [0.5, 0.6) is 0 Å². The van der Waals surface area contributed by atoms with Gasteiger partial charge >= 0.3 is 0 Å². The van der Waals surface area contributed by atoms with E-state index in [4.69, 9.17) is 9.26 Å². The fraction of sp³-hybridized carbons (Fsp3) is 0.250. The second kappa shape index (κ2) is 10.1. The Bertz CT molecular complexity index is 1320. The third-order valence-corrected chi connectivity index (χ3v) is 6.31. The highest BCUT2D eigenvalue weighted by Gasteiger charge is 2.25. The molecule has 0 saturated carbocycles. The summed E-state index contributed by atoms with van der Waals surface area (Å²) in [4.78, 5) is 28.9. The SMILES string of the molecule is Cc1onc(-c2ccc(Cc3ccccc3)cc2)c1C(=O)c1c[nH]c(C(=O)NC2CCOCC2)c1. The largest absolute Gasteiger partial charge is 0.381 e. The monoisotopic (exact) mass is 469 g/mol. The summed E-state index contributed by atoms with van der Waals surface area (Å²) in [6, 6.07) is 19.9. The molecular weight excluding hydrogens is 442 g/mol. The van der Waals surface area contributed by atoms with Crippen LogP contribution in [0.4, 0.5) is 0 Å². The molecule has 7 nitrogen and oxygen atoms in total. The minimum absolute atomic E-state index is 0.0792. The molecule has 2 aromatic carbocycles. The van der Waals surface area contributed by atoms with Crippen molar-refractivity contribution < 1.29 is 18.8 Å². The molecule has 1 aliphatic rings. The zero-order valence-electron chi connectivity index (χ0n) is 19.5. The van der Waals surface area contributed by atoms with Crippen molar-refractivity contribution in [1.82, 2.24) is 15.5 Å². The number of aromatic amines is 1. The molecule has 2 aromatic heterocycles. The number of rotatable bonds is 7. The smallest absolute Gasteiger partial charge is 0.267 e. The zero-order chi connectivity index (χ0) is 24.2. The van der Waals surface area contributed by atoms with Crippen molar-refractivity contribution in [2.24, 2.45) is 0 Å². The first kappa shape index (κ1) is 22.8. The molecule has 178 valence electrons. The maximum Gasteiger partial charge on any atom is 0.267 e. The number of ether oxygens (including phenoxy) is 1. The first-order valence-electron chi connectivity index (χ1n) is 11.8. The topological polar surface area (TPSA) is 97.2 Å². The lowest BCUT2D eigenvalue weighted by molar-refractivity contribution is 0.0694. The molecule has 3 heterocycles. The summed E-state index contributed by atoms with van der Waals surface area (Å²) in [7, 11) is 0. The van der Waals surface area contributed by atoms with Crippen LogP contribution in [-0.4, -0.2) is 41.1 Å². The van der Waals surface area contributed by atoms with E-state index in [2.05, 4.69) is 27.6 Å². The third kappa shape index (κ3) is 5.10. The number of hydrogen-bond acceptors (Lipinski definition) is 5. The minimum Gasteiger partial charge on any atom is -0.381 e. The van der Waals surface area contributed by atoms with Crippen LogP contribution in [0.15, 0.2) is 71.4 Å². The van der Waals surface area contributed by atoms with Crippen LogP contribution in [0.3, 0.4) is 0 Å². The fourth-order valence-corrected chi connectivity index (χ4v) is 4.35. The van der Waals surface area contributed by atoms with E-state index < -0.39 is 0 Å². The number of nitrogens with one attached hydrogen (secondary N) is 2. The molecular formula is C28H27N3O4. The Hall–Kier alpha value is -3.97. The molecule has 1 fully saturated rings. The highest BCUT2D eigenvalue weighted by Crippen LogP contribution is 2.28. The standard InChI is InChI=1S/C28H27N3O4/c1-18-25(27(32)22-16-24(29-17-22)28(33)30-23-11-13-34-14-12-23)26(31-35-18)21-9-7-20(8-10-21)15-19-5-3-2-4-6-19/h2-10,16-17,23,29H,11-15H2,1H3,(H,30,33). The van der Waals surface area contributed by atoms with Crippen LogP contribution in [0.2, 0.25) is 0 Å². The summed E-state index contributed by atoms with van der Waals surface area (Å²) >= 11 is 0. The molecule has 1 saturated heterocycles. The van der Waals surface area contributed by atoms with Crippen LogP contribution in [0.25, 0.3) is 11.3 Å². The van der Waals surface area contributed by atoms with Gasteiger partial charge in [-0.2, -0.15) is 0 Å². The van der Waals surface area contributed by atoms with Gasteiger partial charge in [0, 0.05) is 36.6 Å². The number of carbonyl (C=O) groups is 2. The second-order valence-corrected chi connectivity index (χ2v) is 8.81. The van der Waals surface area contributed by atoms with E-state index in [1.54, 1.807) is 19.2 Å². The van der Waals surface area contributed by atoms with Gasteiger partial charge in [0.2, 0.25) is 0 Å². The first-order valence-corrected chi connectivity index (χ1v) is 11.8. The summed E-state index contributed by atoms with van der Waals surface area (Å²) in [5.41, 5.74) is 4.83. The van der Waals surface area contributed by atoms with Gasteiger partial charge in [0.15, 0.2) is 5.78 Å². The molecule has 0 unspecified atom stereocenters. The molecule has 0 spiro atoms. The van der Waals surface area contributed by atoms with Crippen LogP contribution in [0, 0.1) is 6.92 Å². The van der Waals surface area contributed by atoms with Gasteiger partial charge in [0.05, 0.1) is 5.56 Å². The van der Waals surface area contributed by atoms with Gasteiger partial charge < -0.3 is 19.6 Å². The summed E-state index contributed by atoms with van der Waals surface area (Å²) in [5.74, 6) is -0.0338. The van der Waals surface area contributed by atoms with Gasteiger partial charge in [0.25, 0.3) is 5.91 Å². The second-order valence-electron chi connectivity index (χ2n) is 8.81. The molecule has 0 aliphatic carbocycles. The van der Waals surface area contributed by atoms with E-state index in [0.29, 0.717) is 41.5 Å². The highest BCUT2D eigenvalue weighted by molar-refractivity contribution is 6.13. The number of ketones is 1. The molecule has 0 radical (unpaired) electrons. The van der Waals surface area contributed by atoms with Crippen molar-refractivity contribution in [3.8, 4) is 11.3 Å². The van der Waals surface area contributed by atoms with Gasteiger partial charge in [-0.3, -0.25) is 9.59 Å². The van der Waals surface area contributed by atoms with Crippen molar-refractivity contribution in [1.29, 1.82) is 0 Å². The predicted molar refractivity (Wildman–Crippen MR) is 131 cm³/mol. The van der Waals surface area contributed by atoms with E-state index in [9.17, 15) is 9.59 Å². The quantitative estimate of drug-likeness (QED) is 0.382. The van der Waals surface area contributed by atoms with Crippen molar-refractivity contribution in [2.45, 2.75) is 32.2 Å². The summed E-state index contributed by atoms with van der Waals surface area (Å²) < 4.78 is 10.7. The van der Waals surface area contributed by atoms with Crippen LogP contribution < -0.4 is 5.32 Å². The number of amides is 1. The predicted octanol–water partition coefficient (Wildman–Crippen LogP) is 4.71. The van der Waals surface area contributed by atoms with Gasteiger partial charge in [0.1, 0.15) is 17.1 Å². The number of aromatic nitrogens is 2. The Morgan fingerprint density at radius 2 is 1.74 bits per heavy atom. The van der Waals surface area contributed by atoms with Gasteiger partial charge in [-0.1, -0.05) is 59.8 Å². The lowest BCUT2D eigenvalue weighted by Crippen LogP contribution is -2.39. The van der Waals surface area contributed by atoms with Crippen molar-refractivity contribution in [3.63, 3.8) is 0 Å². The fourth-order valence-electron chi connectivity index (χ4n) is 4.35. The Labute approximate surface area is 203 Å². The summed E-state index contributed by atoms with van der Waals surface area (Å²) in [6.07, 6.45) is 3.95. The van der Waals surface area contributed by atoms with Crippen molar-refractivity contribution in [3.05, 3.63) is 101 Å². The van der Waals surface area contributed by atoms with E-state index in [0.717, 1.165) is 24.8 Å². The van der Waals surface area contributed by atoms with Crippen LogP contribution in [0.1, 0.15) is 56.1 Å². The Morgan fingerprint density at radius 1 is 1.03 bits per heavy atom. The third-order valence-electron chi connectivity index (χ3n) is 6.31. The maximum absolute atomic E-state index is 13.4. The first-order chi connectivity index (χ1) is 17.1. The number of carbonyl (C=O) groups excluding carboxylic acids is 2. The number of aryl methyl sites for hydroxylation is 1. The summed E-state index contributed by atoms with van der Waals surface area (Å²) in [6.45, 7) is 3.00. The van der Waals surface area contributed by atoms with E-state index in [1.807, 2.05) is 42.5 Å². The average Bonchev–Trinajstić information content (AvgIpc) is 3.53. The van der Waals surface area contributed by atoms with Gasteiger partial charge in [-0.15, -0.1) is 0 Å². The molecule has 7 heteroatoms. The molecule has 1 aliphatic heterocycles. The minimum atomic E-state index is -0.242. The van der Waals surface area contributed by atoms with E-state index >= 15 is 0 Å². The molecule has 0 bridgehead atoms. The van der Waals surface area contributed by atoms with E-state index in [-0.39, 0.29) is 17.7 Å². The lowest BCUT2D eigenvalue weighted by Gasteiger charge is -2.22. The molecule has 0 atom stereocenters. The normalized spacial score (nSPS) is 14.1. The lowest BCUT2D eigenvalue weighted by atomic mass is 9.97. The number of hydrogen-bond donors (Lipinski definition) is 2. The Morgan fingerprint density at radius 3 is 2.49 bits per heavy atom. The van der Waals surface area contributed by atoms with Crippen molar-refractivity contribution in [2.75, 3.05) is 13.2 Å². The van der Waals surface area contributed by atoms with Gasteiger partial charge in [-0.05, 0) is 43.4 Å². The Balaban J connectivity index is 1.33. The molecule has 1 amide bonds. The molecule has 4 aromatic rings. The van der Waals surface area contributed by atoms with E-state index in [1.165, 1.54) is 11.1 Å². The number of nitrogens with zero attached hydrogens (tertiary/aromatic N) is 1. The summed E-state index contributed by atoms with van der Waals surface area (Å²) in [5, 5.41) is 7.17. The van der Waals surface area contributed by atoms with Crippen molar-refractivity contribution >= 4 is 11.7 Å². The van der Waals surface area contributed by atoms with Crippen LogP contribution >= 0.6 is 0 Å². The average molecular weight is 470 g/mol. The number of H-pyrrole nitrogens is 1. The zero-order valence-corrected chi connectivity index (χ0v) is 19.5. The molecule has 35 heavy (non-hydrogen) atoms. The molecule has 2 N–H and O–H groups in total. The van der Waals surface area contributed by atoms with Crippen LogP contribution in [-0.2, 0) is 11.2 Å². The highest BCUT2D eigenvalue weighted by atomic mass is 16.5.